The van der Waals surface area contributed by atoms with E-state index in [0.717, 1.165) is 0 Å². The Labute approximate surface area is 122 Å². The van der Waals surface area contributed by atoms with Crippen molar-refractivity contribution in [2.45, 2.75) is 25.9 Å². The van der Waals surface area contributed by atoms with Crippen molar-refractivity contribution in [1.29, 1.82) is 0 Å². The highest BCUT2D eigenvalue weighted by molar-refractivity contribution is 5.99. The molecule has 1 atom stereocenters. The largest absolute Gasteiger partial charge is 0.388 e. The first-order valence-corrected chi connectivity index (χ1v) is 6.88. The first kappa shape index (κ1) is 15.2. The monoisotopic (exact) mass is 293 g/mol. The fraction of sp³-hybridized carbons (Fsp3) is 0.500. The molecule has 0 spiro atoms. The van der Waals surface area contributed by atoms with Gasteiger partial charge in [0.15, 0.2) is 0 Å². The van der Waals surface area contributed by atoms with Crippen molar-refractivity contribution in [2.24, 2.45) is 0 Å². The summed E-state index contributed by atoms with van der Waals surface area (Å²) in [4.78, 5) is 24.5. The SMILES string of the molecule is CCNc1ccc([N+](=O)[O-])c(C(=O)N2CCC(C)(O)C2)c1. The molecule has 1 heterocycles. The molecule has 1 fully saturated rings. The van der Waals surface area contributed by atoms with Crippen LogP contribution in [0.1, 0.15) is 30.6 Å². The Hall–Kier alpha value is -2.15. The van der Waals surface area contributed by atoms with Gasteiger partial charge in [0.1, 0.15) is 5.56 Å². The maximum absolute atomic E-state index is 12.5. The molecule has 0 saturated carbocycles. The van der Waals surface area contributed by atoms with E-state index in [1.54, 1.807) is 13.0 Å². The maximum Gasteiger partial charge on any atom is 0.282 e. The van der Waals surface area contributed by atoms with E-state index in [2.05, 4.69) is 5.32 Å². The summed E-state index contributed by atoms with van der Waals surface area (Å²) in [6.07, 6.45) is 0.472. The van der Waals surface area contributed by atoms with Crippen molar-refractivity contribution in [3.8, 4) is 0 Å². The summed E-state index contributed by atoms with van der Waals surface area (Å²) < 4.78 is 0. The van der Waals surface area contributed by atoms with Crippen molar-refractivity contribution in [3.63, 3.8) is 0 Å². The molecule has 0 aromatic heterocycles. The summed E-state index contributed by atoms with van der Waals surface area (Å²) in [5, 5.41) is 24.1. The first-order valence-electron chi connectivity index (χ1n) is 6.88. The highest BCUT2D eigenvalue weighted by Crippen LogP contribution is 2.27. The number of nitrogens with one attached hydrogen (secondary N) is 1. The van der Waals surface area contributed by atoms with Crippen LogP contribution in [-0.2, 0) is 0 Å². The Balaban J connectivity index is 2.34. The van der Waals surface area contributed by atoms with Gasteiger partial charge in [-0.1, -0.05) is 0 Å². The van der Waals surface area contributed by atoms with Gasteiger partial charge in [-0.05, 0) is 32.4 Å². The quantitative estimate of drug-likeness (QED) is 0.649. The van der Waals surface area contributed by atoms with E-state index < -0.39 is 16.4 Å². The molecular weight excluding hydrogens is 274 g/mol. The van der Waals surface area contributed by atoms with Gasteiger partial charge in [-0.25, -0.2) is 0 Å². The lowest BCUT2D eigenvalue weighted by Gasteiger charge is -2.19. The summed E-state index contributed by atoms with van der Waals surface area (Å²) in [6.45, 7) is 4.80. The third kappa shape index (κ3) is 3.30. The lowest BCUT2D eigenvalue weighted by atomic mass is 10.1. The summed E-state index contributed by atoms with van der Waals surface area (Å²) in [6, 6.07) is 4.41. The van der Waals surface area contributed by atoms with Gasteiger partial charge < -0.3 is 15.3 Å². The van der Waals surface area contributed by atoms with Gasteiger partial charge in [-0.2, -0.15) is 0 Å². The van der Waals surface area contributed by atoms with Crippen molar-refractivity contribution in [3.05, 3.63) is 33.9 Å². The fourth-order valence-corrected chi connectivity index (χ4v) is 2.47. The van der Waals surface area contributed by atoms with Crippen molar-refractivity contribution < 1.29 is 14.8 Å². The molecule has 2 rings (SSSR count). The number of likely N-dealkylation sites (tertiary alicyclic amines) is 1. The lowest BCUT2D eigenvalue weighted by Crippen LogP contribution is -2.34. The van der Waals surface area contributed by atoms with Gasteiger partial charge >= 0.3 is 0 Å². The third-order valence-electron chi connectivity index (χ3n) is 3.54. The zero-order valence-electron chi connectivity index (χ0n) is 12.1. The van der Waals surface area contributed by atoms with Crippen LogP contribution in [0.3, 0.4) is 0 Å². The number of hydrogen-bond donors (Lipinski definition) is 2. The molecule has 2 N–H and O–H groups in total. The highest BCUT2D eigenvalue weighted by atomic mass is 16.6. The second kappa shape index (κ2) is 5.69. The van der Waals surface area contributed by atoms with Crippen LogP contribution in [0.2, 0.25) is 0 Å². The van der Waals surface area contributed by atoms with E-state index in [9.17, 15) is 20.0 Å². The number of benzene rings is 1. The van der Waals surface area contributed by atoms with Crippen LogP contribution < -0.4 is 5.32 Å². The molecule has 1 unspecified atom stereocenters. The minimum absolute atomic E-state index is 0.0520. The fourth-order valence-electron chi connectivity index (χ4n) is 2.47. The lowest BCUT2D eigenvalue weighted by molar-refractivity contribution is -0.385. The van der Waals surface area contributed by atoms with E-state index in [-0.39, 0.29) is 17.8 Å². The number of amides is 1. The summed E-state index contributed by atoms with van der Waals surface area (Å²) in [5.41, 5.74) is -0.425. The molecule has 1 aliphatic heterocycles. The second-order valence-corrected chi connectivity index (χ2v) is 5.49. The minimum atomic E-state index is -0.927. The minimum Gasteiger partial charge on any atom is -0.388 e. The molecule has 21 heavy (non-hydrogen) atoms. The predicted octanol–water partition coefficient (Wildman–Crippen LogP) is 1.62. The molecule has 0 aliphatic carbocycles. The van der Waals surface area contributed by atoms with Crippen LogP contribution in [0.4, 0.5) is 11.4 Å². The number of aliphatic hydroxyl groups is 1. The van der Waals surface area contributed by atoms with E-state index in [1.165, 1.54) is 17.0 Å². The third-order valence-corrected chi connectivity index (χ3v) is 3.54. The summed E-state index contributed by atoms with van der Waals surface area (Å²) >= 11 is 0. The summed E-state index contributed by atoms with van der Waals surface area (Å²) in [7, 11) is 0. The highest BCUT2D eigenvalue weighted by Gasteiger charge is 2.36. The van der Waals surface area contributed by atoms with Gasteiger partial charge in [-0.3, -0.25) is 14.9 Å². The molecule has 1 amide bonds. The molecule has 1 aliphatic rings. The van der Waals surface area contributed by atoms with Crippen LogP contribution >= 0.6 is 0 Å². The Bertz CT molecular complexity index is 571. The molecular formula is C14H19N3O4. The normalized spacial score (nSPS) is 21.4. The molecule has 1 aromatic carbocycles. The Morgan fingerprint density at radius 2 is 2.29 bits per heavy atom. The number of β-amino-alcohol motifs (C(OH)–C–C–N with tert-alkyl or cyclic N) is 1. The zero-order valence-corrected chi connectivity index (χ0v) is 12.1. The van der Waals surface area contributed by atoms with Gasteiger partial charge in [0.05, 0.1) is 10.5 Å². The predicted molar refractivity (Wildman–Crippen MR) is 78.4 cm³/mol. The summed E-state index contributed by atoms with van der Waals surface area (Å²) in [5.74, 6) is -0.417. The Morgan fingerprint density at radius 3 is 2.81 bits per heavy atom. The van der Waals surface area contributed by atoms with Crippen LogP contribution in [0.25, 0.3) is 0 Å². The van der Waals surface area contributed by atoms with Crippen molar-refractivity contribution in [1.82, 2.24) is 4.90 Å². The van der Waals surface area contributed by atoms with Crippen molar-refractivity contribution >= 4 is 17.3 Å². The van der Waals surface area contributed by atoms with E-state index in [4.69, 9.17) is 0 Å². The van der Waals surface area contributed by atoms with Gasteiger partial charge in [0, 0.05) is 31.4 Å². The average molecular weight is 293 g/mol. The molecule has 0 radical (unpaired) electrons. The number of carbonyl (C=O) groups is 1. The van der Waals surface area contributed by atoms with E-state index in [0.29, 0.717) is 25.2 Å². The van der Waals surface area contributed by atoms with Crippen molar-refractivity contribution in [2.75, 3.05) is 25.0 Å². The zero-order chi connectivity index (χ0) is 15.6. The molecule has 1 aromatic rings. The van der Waals surface area contributed by atoms with Gasteiger partial charge in [0.2, 0.25) is 0 Å². The average Bonchev–Trinajstić information content (AvgIpc) is 2.78. The number of nitro benzene ring substituents is 1. The number of nitrogens with zero attached hydrogens (tertiary/aromatic N) is 2. The number of carbonyl (C=O) groups excluding carboxylic acids is 1. The Kier molecular flexibility index (Phi) is 4.13. The van der Waals surface area contributed by atoms with Gasteiger partial charge in [0.25, 0.3) is 11.6 Å². The molecule has 7 heteroatoms. The topological polar surface area (TPSA) is 95.7 Å². The van der Waals surface area contributed by atoms with E-state index >= 15 is 0 Å². The van der Waals surface area contributed by atoms with Crippen LogP contribution in [0.15, 0.2) is 18.2 Å². The number of nitro groups is 1. The smallest absolute Gasteiger partial charge is 0.282 e. The Morgan fingerprint density at radius 1 is 1.57 bits per heavy atom. The molecule has 7 nitrogen and oxygen atoms in total. The van der Waals surface area contributed by atoms with E-state index in [1.807, 2.05) is 6.92 Å². The number of anilines is 1. The van der Waals surface area contributed by atoms with Gasteiger partial charge in [-0.15, -0.1) is 0 Å². The molecule has 1 saturated heterocycles. The van der Waals surface area contributed by atoms with Crippen LogP contribution in [0.5, 0.6) is 0 Å². The number of hydrogen-bond acceptors (Lipinski definition) is 5. The standard InChI is InChI=1S/C14H19N3O4/c1-3-15-10-4-5-12(17(20)21)11(8-10)13(18)16-7-6-14(2,19)9-16/h4-5,8,15,19H,3,6-7,9H2,1-2H3. The second-order valence-electron chi connectivity index (χ2n) is 5.49. The van der Waals surface area contributed by atoms with Crippen LogP contribution in [-0.4, -0.2) is 46.1 Å². The maximum atomic E-state index is 12.5. The number of rotatable bonds is 4. The first-order chi connectivity index (χ1) is 9.84. The molecule has 114 valence electrons. The van der Waals surface area contributed by atoms with Crippen LogP contribution in [0, 0.1) is 10.1 Å². The molecule has 0 bridgehead atoms.